The van der Waals surface area contributed by atoms with E-state index < -0.39 is 47.7 Å². The summed E-state index contributed by atoms with van der Waals surface area (Å²) in [6.07, 6.45) is -10.0. The third-order valence-electron chi connectivity index (χ3n) is 5.79. The molecule has 4 aromatic carbocycles. The first-order valence-electron chi connectivity index (χ1n) is 11.8. The molecule has 0 aliphatic carbocycles. The molecule has 4 rings (SSSR count). The van der Waals surface area contributed by atoms with Crippen LogP contribution in [0.5, 0.6) is 0 Å². The standard InChI is InChI=1S/C16H10F6O2.C14H11FO2/c17-15(18,19)11-3-1-9(2-4-11)13-6-5-12(16(20,21)22)7-10(13)8-14(23)24;15-12-6-7-13(10-4-2-1-3-5-10)11(8-12)9-14(16)17/h1-7H,8H2,(H,23,24);1-8H,9H2,(H,16,17). The normalized spacial score (nSPS) is 11.4. The molecule has 0 fully saturated rings. The first-order chi connectivity index (χ1) is 19.1. The van der Waals surface area contributed by atoms with Crippen LogP contribution in [0.3, 0.4) is 0 Å². The second-order valence-electron chi connectivity index (χ2n) is 8.75. The van der Waals surface area contributed by atoms with Crippen molar-refractivity contribution in [2.24, 2.45) is 0 Å². The number of halogens is 7. The van der Waals surface area contributed by atoms with Gasteiger partial charge in [-0.05, 0) is 69.8 Å². The molecular formula is C30H21F7O4. The van der Waals surface area contributed by atoms with E-state index in [4.69, 9.17) is 10.2 Å². The summed E-state index contributed by atoms with van der Waals surface area (Å²) in [5.74, 6) is -2.73. The smallest absolute Gasteiger partial charge is 0.416 e. The van der Waals surface area contributed by atoms with Gasteiger partial charge in [-0.1, -0.05) is 54.6 Å². The summed E-state index contributed by atoms with van der Waals surface area (Å²) in [4.78, 5) is 21.6. The fraction of sp³-hybridized carbons (Fsp3) is 0.133. The number of benzene rings is 4. The second-order valence-corrected chi connectivity index (χ2v) is 8.75. The lowest BCUT2D eigenvalue weighted by Gasteiger charge is -2.14. The molecule has 0 saturated heterocycles. The highest BCUT2D eigenvalue weighted by Gasteiger charge is 2.32. The maximum Gasteiger partial charge on any atom is 0.416 e. The van der Waals surface area contributed by atoms with Crippen molar-refractivity contribution in [3.8, 4) is 22.3 Å². The molecule has 11 heteroatoms. The lowest BCUT2D eigenvalue weighted by Crippen LogP contribution is -2.09. The highest BCUT2D eigenvalue weighted by Crippen LogP contribution is 2.35. The Hall–Kier alpha value is -4.67. The zero-order valence-electron chi connectivity index (χ0n) is 20.9. The Morgan fingerprint density at radius 3 is 1.49 bits per heavy atom. The molecule has 0 unspecified atom stereocenters. The summed E-state index contributed by atoms with van der Waals surface area (Å²) in [7, 11) is 0. The molecule has 0 radical (unpaired) electrons. The zero-order chi connectivity index (χ0) is 30.4. The minimum absolute atomic E-state index is 0.128. The van der Waals surface area contributed by atoms with E-state index in [2.05, 4.69) is 0 Å². The van der Waals surface area contributed by atoms with Crippen molar-refractivity contribution in [3.05, 3.63) is 119 Å². The highest BCUT2D eigenvalue weighted by molar-refractivity contribution is 5.78. The maximum absolute atomic E-state index is 13.1. The van der Waals surface area contributed by atoms with Crippen molar-refractivity contribution in [1.82, 2.24) is 0 Å². The van der Waals surface area contributed by atoms with Gasteiger partial charge >= 0.3 is 24.3 Å². The number of carbonyl (C=O) groups is 2. The van der Waals surface area contributed by atoms with E-state index in [1.807, 2.05) is 30.3 Å². The van der Waals surface area contributed by atoms with Gasteiger partial charge < -0.3 is 10.2 Å². The van der Waals surface area contributed by atoms with Crippen molar-refractivity contribution in [2.45, 2.75) is 25.2 Å². The Kier molecular flexibility index (Phi) is 9.54. The molecular weight excluding hydrogens is 557 g/mol. The van der Waals surface area contributed by atoms with Gasteiger partial charge in [0.25, 0.3) is 0 Å². The molecule has 41 heavy (non-hydrogen) atoms. The Morgan fingerprint density at radius 2 is 1.00 bits per heavy atom. The quantitative estimate of drug-likeness (QED) is 0.227. The minimum atomic E-state index is -4.65. The average Bonchev–Trinajstić information content (AvgIpc) is 2.88. The van der Waals surface area contributed by atoms with E-state index in [9.17, 15) is 40.3 Å². The molecule has 0 spiro atoms. The number of aliphatic carboxylic acids is 2. The molecule has 0 aliphatic rings. The summed E-state index contributed by atoms with van der Waals surface area (Å²) in [6.45, 7) is 0. The van der Waals surface area contributed by atoms with Gasteiger partial charge in [0.15, 0.2) is 0 Å². The largest absolute Gasteiger partial charge is 0.481 e. The minimum Gasteiger partial charge on any atom is -0.481 e. The number of carboxylic acid groups (broad SMARTS) is 2. The molecule has 0 saturated carbocycles. The first kappa shape index (κ1) is 30.9. The predicted molar refractivity (Wildman–Crippen MR) is 136 cm³/mol. The molecule has 4 nitrogen and oxygen atoms in total. The number of hydrogen-bond donors (Lipinski definition) is 2. The van der Waals surface area contributed by atoms with E-state index >= 15 is 0 Å². The molecule has 0 heterocycles. The number of hydrogen-bond acceptors (Lipinski definition) is 2. The van der Waals surface area contributed by atoms with Gasteiger partial charge in [0, 0.05) is 0 Å². The van der Waals surface area contributed by atoms with Gasteiger partial charge in [0.2, 0.25) is 0 Å². The Labute approximate surface area is 229 Å². The van der Waals surface area contributed by atoms with Crippen LogP contribution in [0.15, 0.2) is 91.0 Å². The van der Waals surface area contributed by atoms with Crippen LogP contribution in [0, 0.1) is 5.82 Å². The van der Waals surface area contributed by atoms with Crippen LogP contribution in [0.4, 0.5) is 30.7 Å². The molecule has 4 aromatic rings. The third kappa shape index (κ3) is 8.66. The van der Waals surface area contributed by atoms with Crippen molar-refractivity contribution in [3.63, 3.8) is 0 Å². The highest BCUT2D eigenvalue weighted by atomic mass is 19.4. The lowest BCUT2D eigenvalue weighted by molar-refractivity contribution is -0.138. The van der Waals surface area contributed by atoms with Gasteiger partial charge in [-0.3, -0.25) is 9.59 Å². The van der Waals surface area contributed by atoms with Gasteiger partial charge in [-0.2, -0.15) is 26.3 Å². The van der Waals surface area contributed by atoms with Crippen LogP contribution in [-0.4, -0.2) is 22.2 Å². The van der Waals surface area contributed by atoms with Crippen molar-refractivity contribution in [1.29, 1.82) is 0 Å². The fourth-order valence-electron chi connectivity index (χ4n) is 3.97. The fourth-order valence-corrected chi connectivity index (χ4v) is 3.97. The van der Waals surface area contributed by atoms with E-state index in [0.717, 1.165) is 47.5 Å². The topological polar surface area (TPSA) is 74.6 Å². The van der Waals surface area contributed by atoms with Gasteiger partial charge in [0.05, 0.1) is 24.0 Å². The average molecular weight is 578 g/mol. The summed E-state index contributed by atoms with van der Waals surface area (Å²) >= 11 is 0. The van der Waals surface area contributed by atoms with Crippen LogP contribution in [0.2, 0.25) is 0 Å². The Morgan fingerprint density at radius 1 is 0.561 bits per heavy atom. The summed E-state index contributed by atoms with van der Waals surface area (Å²) in [5.41, 5.74) is 0.429. The van der Waals surface area contributed by atoms with Crippen molar-refractivity contribution >= 4 is 11.9 Å². The molecule has 0 bridgehead atoms. The molecule has 0 aromatic heterocycles. The zero-order valence-corrected chi connectivity index (χ0v) is 20.9. The van der Waals surface area contributed by atoms with Gasteiger partial charge in [0.1, 0.15) is 5.82 Å². The SMILES string of the molecule is O=C(O)Cc1cc(C(F)(F)F)ccc1-c1ccc(C(F)(F)F)cc1.O=C(O)Cc1cc(F)ccc1-c1ccccc1. The van der Waals surface area contributed by atoms with Crippen LogP contribution in [0.25, 0.3) is 22.3 Å². The molecule has 2 N–H and O–H groups in total. The van der Waals surface area contributed by atoms with Gasteiger partial charge in [-0.15, -0.1) is 0 Å². The first-order valence-corrected chi connectivity index (χ1v) is 11.8. The van der Waals surface area contributed by atoms with Gasteiger partial charge in [-0.25, -0.2) is 4.39 Å². The van der Waals surface area contributed by atoms with Crippen LogP contribution >= 0.6 is 0 Å². The summed E-state index contributed by atoms with van der Waals surface area (Å²) in [5, 5.41) is 17.7. The number of alkyl halides is 6. The maximum atomic E-state index is 13.1. The predicted octanol–water partition coefficient (Wildman–Crippen LogP) is 8.14. The second kappa shape index (κ2) is 12.7. The Bertz CT molecular complexity index is 1510. The molecule has 0 amide bonds. The molecule has 0 aliphatic heterocycles. The van der Waals surface area contributed by atoms with E-state index in [1.165, 1.54) is 12.1 Å². The molecule has 0 atom stereocenters. The number of rotatable bonds is 6. The van der Waals surface area contributed by atoms with Crippen LogP contribution in [-0.2, 0) is 34.8 Å². The van der Waals surface area contributed by atoms with Crippen LogP contribution in [0.1, 0.15) is 22.3 Å². The third-order valence-corrected chi connectivity index (χ3v) is 5.79. The van der Waals surface area contributed by atoms with E-state index in [0.29, 0.717) is 11.6 Å². The summed E-state index contributed by atoms with van der Waals surface area (Å²) in [6, 6.07) is 19.9. The van der Waals surface area contributed by atoms with Crippen LogP contribution < -0.4 is 0 Å². The monoisotopic (exact) mass is 578 g/mol. The van der Waals surface area contributed by atoms with E-state index in [1.54, 1.807) is 6.07 Å². The Balaban J connectivity index is 0.000000239. The molecule has 214 valence electrons. The number of carboxylic acids is 2. The van der Waals surface area contributed by atoms with Crippen molar-refractivity contribution in [2.75, 3.05) is 0 Å². The van der Waals surface area contributed by atoms with E-state index in [-0.39, 0.29) is 23.1 Å². The lowest BCUT2D eigenvalue weighted by atomic mass is 9.94. The van der Waals surface area contributed by atoms with Crippen molar-refractivity contribution < 1.29 is 50.5 Å². The summed E-state index contributed by atoms with van der Waals surface area (Å²) < 4.78 is 89.0.